The lowest BCUT2D eigenvalue weighted by Crippen LogP contribution is -2.43. The second kappa shape index (κ2) is 11.8. The number of hydrogen-bond donors (Lipinski definition) is 3. The molecule has 1 aliphatic rings. The van der Waals surface area contributed by atoms with Crippen molar-refractivity contribution < 1.29 is 19.1 Å². The molecule has 7 heteroatoms. The molecule has 1 saturated carbocycles. The van der Waals surface area contributed by atoms with E-state index in [9.17, 15) is 14.4 Å². The Morgan fingerprint density at radius 1 is 0.800 bits per heavy atom. The average molecular weight is 472 g/mol. The number of hydrogen-bond acceptors (Lipinski definition) is 4. The van der Waals surface area contributed by atoms with Crippen molar-refractivity contribution >= 4 is 23.4 Å². The Labute approximate surface area is 204 Å². The molecule has 1 aliphatic carbocycles. The third-order valence-corrected chi connectivity index (χ3v) is 6.01. The van der Waals surface area contributed by atoms with Gasteiger partial charge in [0, 0.05) is 22.7 Å². The molecule has 0 atom stereocenters. The molecular weight excluding hydrogens is 442 g/mol. The second-order valence-electron chi connectivity index (χ2n) is 8.56. The summed E-state index contributed by atoms with van der Waals surface area (Å²) >= 11 is 0. The topological polar surface area (TPSA) is 96.5 Å². The lowest BCUT2D eigenvalue weighted by Gasteiger charge is -2.20. The highest BCUT2D eigenvalue weighted by atomic mass is 16.5. The smallest absolute Gasteiger partial charge is 0.276 e. The number of anilines is 1. The monoisotopic (exact) mass is 471 g/mol. The van der Waals surface area contributed by atoms with Crippen LogP contribution in [-0.4, -0.2) is 24.3 Å². The fraction of sp³-hybridized carbons (Fsp3) is 0.250. The molecule has 3 N–H and O–H groups in total. The van der Waals surface area contributed by atoms with Gasteiger partial charge in [0.15, 0.2) is 6.61 Å². The van der Waals surface area contributed by atoms with Gasteiger partial charge in [-0.25, -0.2) is 0 Å². The molecule has 0 heterocycles. The van der Waals surface area contributed by atoms with Crippen LogP contribution in [0, 0.1) is 5.92 Å². The second-order valence-corrected chi connectivity index (χ2v) is 8.56. The van der Waals surface area contributed by atoms with Gasteiger partial charge in [0.1, 0.15) is 5.75 Å². The average Bonchev–Trinajstić information content (AvgIpc) is 2.92. The largest absolute Gasteiger partial charge is 0.483 e. The molecule has 0 bridgehead atoms. The Balaban J connectivity index is 1.28. The number of hydrazine groups is 1. The Bertz CT molecular complexity index is 1170. The molecule has 3 aromatic carbocycles. The predicted octanol–water partition coefficient (Wildman–Crippen LogP) is 4.71. The van der Waals surface area contributed by atoms with Crippen molar-refractivity contribution in [2.45, 2.75) is 32.1 Å². The third-order valence-electron chi connectivity index (χ3n) is 6.01. The van der Waals surface area contributed by atoms with Crippen LogP contribution in [0.25, 0.3) is 11.1 Å². The van der Waals surface area contributed by atoms with Crippen LogP contribution in [0.5, 0.6) is 5.75 Å². The highest BCUT2D eigenvalue weighted by molar-refractivity contribution is 5.98. The minimum atomic E-state index is -0.497. The van der Waals surface area contributed by atoms with Crippen molar-refractivity contribution in [1.29, 1.82) is 0 Å². The molecule has 0 radical (unpaired) electrons. The molecule has 3 amide bonds. The fourth-order valence-electron chi connectivity index (χ4n) is 4.17. The van der Waals surface area contributed by atoms with Gasteiger partial charge >= 0.3 is 0 Å². The molecule has 0 unspecified atom stereocenters. The molecule has 0 aliphatic heterocycles. The van der Waals surface area contributed by atoms with E-state index in [-0.39, 0.29) is 18.4 Å². The van der Waals surface area contributed by atoms with Crippen molar-refractivity contribution in [1.82, 2.24) is 10.9 Å². The predicted molar refractivity (Wildman–Crippen MR) is 135 cm³/mol. The van der Waals surface area contributed by atoms with E-state index in [0.717, 1.165) is 36.8 Å². The van der Waals surface area contributed by atoms with E-state index in [0.29, 0.717) is 17.0 Å². The Morgan fingerprint density at radius 2 is 1.54 bits per heavy atom. The van der Waals surface area contributed by atoms with Gasteiger partial charge in [-0.05, 0) is 42.7 Å². The number of ether oxygens (including phenoxy) is 1. The maximum absolute atomic E-state index is 12.5. The number of rotatable bonds is 7. The van der Waals surface area contributed by atoms with E-state index in [1.165, 1.54) is 6.42 Å². The van der Waals surface area contributed by atoms with Gasteiger partial charge in [-0.3, -0.25) is 25.2 Å². The van der Waals surface area contributed by atoms with Gasteiger partial charge in [-0.1, -0.05) is 73.9 Å². The first-order valence-electron chi connectivity index (χ1n) is 11.9. The summed E-state index contributed by atoms with van der Waals surface area (Å²) in [5, 5.41) is 2.90. The zero-order chi connectivity index (χ0) is 24.5. The van der Waals surface area contributed by atoms with Gasteiger partial charge < -0.3 is 10.1 Å². The lowest BCUT2D eigenvalue weighted by atomic mass is 9.88. The van der Waals surface area contributed by atoms with Crippen molar-refractivity contribution in [3.05, 3.63) is 84.4 Å². The van der Waals surface area contributed by atoms with Crippen LogP contribution in [0.15, 0.2) is 78.9 Å². The quantitative estimate of drug-likeness (QED) is 0.435. The number of para-hydroxylation sites is 1. The van der Waals surface area contributed by atoms with E-state index >= 15 is 0 Å². The molecule has 0 spiro atoms. The number of amides is 3. The van der Waals surface area contributed by atoms with Crippen LogP contribution in [0.2, 0.25) is 0 Å². The zero-order valence-electron chi connectivity index (χ0n) is 19.5. The van der Waals surface area contributed by atoms with E-state index in [4.69, 9.17) is 4.74 Å². The summed E-state index contributed by atoms with van der Waals surface area (Å²) in [6.07, 6.45) is 5.12. The van der Waals surface area contributed by atoms with E-state index in [1.807, 2.05) is 48.5 Å². The number of nitrogens with one attached hydrogen (secondary N) is 3. The lowest BCUT2D eigenvalue weighted by molar-refractivity contribution is -0.124. The maximum atomic E-state index is 12.5. The Hall–Kier alpha value is -4.13. The summed E-state index contributed by atoms with van der Waals surface area (Å²) in [4.78, 5) is 37.3. The van der Waals surface area contributed by atoms with Gasteiger partial charge in [-0.2, -0.15) is 0 Å². The Morgan fingerprint density at radius 3 is 2.34 bits per heavy atom. The van der Waals surface area contributed by atoms with E-state index < -0.39 is 11.8 Å². The molecule has 0 aromatic heterocycles. The van der Waals surface area contributed by atoms with Gasteiger partial charge in [0.25, 0.3) is 11.8 Å². The number of benzene rings is 3. The molecule has 4 rings (SSSR count). The van der Waals surface area contributed by atoms with Crippen LogP contribution >= 0.6 is 0 Å². The molecule has 1 fully saturated rings. The first-order chi connectivity index (χ1) is 17.1. The third kappa shape index (κ3) is 6.69. The first-order valence-corrected chi connectivity index (χ1v) is 11.9. The summed E-state index contributed by atoms with van der Waals surface area (Å²) in [6, 6.07) is 23.8. The Kier molecular flexibility index (Phi) is 8.12. The van der Waals surface area contributed by atoms with Crippen molar-refractivity contribution in [3.8, 4) is 16.9 Å². The van der Waals surface area contributed by atoms with Crippen LogP contribution in [0.4, 0.5) is 5.69 Å². The molecule has 35 heavy (non-hydrogen) atoms. The summed E-state index contributed by atoms with van der Waals surface area (Å²) in [5.41, 5.74) is 7.49. The normalized spacial score (nSPS) is 13.5. The van der Waals surface area contributed by atoms with E-state index in [1.54, 1.807) is 30.3 Å². The van der Waals surface area contributed by atoms with Crippen LogP contribution in [0.1, 0.15) is 42.5 Å². The SMILES string of the molecule is O=C(COc1ccccc1-c1ccccc1)NNC(=O)c1cccc(NC(=O)C2CCCCC2)c1. The molecule has 0 saturated heterocycles. The van der Waals surface area contributed by atoms with Crippen LogP contribution in [-0.2, 0) is 9.59 Å². The minimum Gasteiger partial charge on any atom is -0.483 e. The summed E-state index contributed by atoms with van der Waals surface area (Å²) < 4.78 is 5.70. The standard InChI is InChI=1S/C28H29N3O4/c32-26(19-35-25-17-8-7-16-24(25)20-10-3-1-4-11-20)30-31-28(34)22-14-9-15-23(18-22)29-27(33)21-12-5-2-6-13-21/h1,3-4,7-11,14-18,21H,2,5-6,12-13,19H2,(H,29,33)(H,30,32)(H,31,34). The number of carbonyl (C=O) groups excluding carboxylic acids is 3. The number of carbonyl (C=O) groups is 3. The summed E-state index contributed by atoms with van der Waals surface area (Å²) in [7, 11) is 0. The summed E-state index contributed by atoms with van der Waals surface area (Å²) in [5.74, 6) is -0.405. The maximum Gasteiger partial charge on any atom is 0.276 e. The van der Waals surface area contributed by atoms with Gasteiger partial charge in [-0.15, -0.1) is 0 Å². The van der Waals surface area contributed by atoms with E-state index in [2.05, 4.69) is 16.2 Å². The molecular formula is C28H29N3O4. The van der Waals surface area contributed by atoms with Crippen LogP contribution < -0.4 is 20.9 Å². The summed E-state index contributed by atoms with van der Waals surface area (Å²) in [6.45, 7) is -0.262. The van der Waals surface area contributed by atoms with Gasteiger partial charge in [0.05, 0.1) is 0 Å². The minimum absolute atomic E-state index is 0.0107. The van der Waals surface area contributed by atoms with Gasteiger partial charge in [0.2, 0.25) is 5.91 Å². The fourth-order valence-corrected chi connectivity index (χ4v) is 4.17. The van der Waals surface area contributed by atoms with Crippen molar-refractivity contribution in [2.24, 2.45) is 5.92 Å². The van der Waals surface area contributed by atoms with Crippen molar-refractivity contribution in [3.63, 3.8) is 0 Å². The highest BCUT2D eigenvalue weighted by Gasteiger charge is 2.21. The molecule has 7 nitrogen and oxygen atoms in total. The zero-order valence-corrected chi connectivity index (χ0v) is 19.5. The highest BCUT2D eigenvalue weighted by Crippen LogP contribution is 2.29. The molecule has 3 aromatic rings. The van der Waals surface area contributed by atoms with Crippen molar-refractivity contribution in [2.75, 3.05) is 11.9 Å². The first kappa shape index (κ1) is 24.0. The molecule has 180 valence electrons. The van der Waals surface area contributed by atoms with Crippen LogP contribution in [0.3, 0.4) is 0 Å².